The van der Waals surface area contributed by atoms with Crippen LogP contribution in [0.5, 0.6) is 5.75 Å². The van der Waals surface area contributed by atoms with E-state index < -0.39 is 24.0 Å². The average Bonchev–Trinajstić information content (AvgIpc) is 2.97. The fraction of sp³-hybridized carbons (Fsp3) is 0.500. The van der Waals surface area contributed by atoms with Crippen LogP contribution in [0, 0.1) is 5.92 Å². The Labute approximate surface area is 146 Å². The summed E-state index contributed by atoms with van der Waals surface area (Å²) in [5, 5.41) is 0. The van der Waals surface area contributed by atoms with Gasteiger partial charge in [-0.25, -0.2) is 14.5 Å². The van der Waals surface area contributed by atoms with Crippen LogP contribution < -0.4 is 4.74 Å². The number of nitrogens with zero attached hydrogens (tertiary/aromatic N) is 1. The Morgan fingerprint density at radius 1 is 1.20 bits per heavy atom. The van der Waals surface area contributed by atoms with Gasteiger partial charge >= 0.3 is 12.1 Å². The van der Waals surface area contributed by atoms with Crippen LogP contribution in [0.3, 0.4) is 0 Å². The van der Waals surface area contributed by atoms with E-state index in [0.29, 0.717) is 6.42 Å². The third kappa shape index (κ3) is 4.29. The fourth-order valence-corrected chi connectivity index (χ4v) is 3.10. The second kappa shape index (κ2) is 8.50. The summed E-state index contributed by atoms with van der Waals surface area (Å²) < 4.78 is 14.5. The Morgan fingerprint density at radius 2 is 1.96 bits per heavy atom. The molecule has 136 valence electrons. The zero-order valence-electron chi connectivity index (χ0n) is 14.7. The Kier molecular flexibility index (Phi) is 6.38. The van der Waals surface area contributed by atoms with Gasteiger partial charge in [0.1, 0.15) is 11.8 Å². The van der Waals surface area contributed by atoms with E-state index >= 15 is 0 Å². The van der Waals surface area contributed by atoms with Gasteiger partial charge in [0.15, 0.2) is 0 Å². The summed E-state index contributed by atoms with van der Waals surface area (Å²) in [6.45, 7) is 0. The largest absolute Gasteiger partial charge is 0.497 e. The molecule has 1 aliphatic rings. The molecule has 0 aromatic heterocycles. The molecule has 2 atom stereocenters. The quantitative estimate of drug-likeness (QED) is 0.732. The molecule has 0 unspecified atom stereocenters. The fourth-order valence-electron chi connectivity index (χ4n) is 3.10. The molecule has 1 aromatic rings. The van der Waals surface area contributed by atoms with Gasteiger partial charge in [0.25, 0.3) is 0 Å². The van der Waals surface area contributed by atoms with Crippen LogP contribution in [0.1, 0.15) is 24.8 Å². The van der Waals surface area contributed by atoms with E-state index in [4.69, 9.17) is 9.47 Å². The topological polar surface area (TPSA) is 82.1 Å². The van der Waals surface area contributed by atoms with Crippen LogP contribution in [0.25, 0.3) is 0 Å². The minimum absolute atomic E-state index is 0.263. The lowest BCUT2D eigenvalue weighted by atomic mass is 9.96. The van der Waals surface area contributed by atoms with Gasteiger partial charge in [0, 0.05) is 5.92 Å². The molecule has 0 N–H and O–H groups in total. The summed E-state index contributed by atoms with van der Waals surface area (Å²) in [5.41, 5.74) is 1.11. The molecule has 0 aliphatic carbocycles. The number of hydrogen-bond acceptors (Lipinski definition) is 6. The zero-order chi connectivity index (χ0) is 18.4. The van der Waals surface area contributed by atoms with Crippen LogP contribution in [0.15, 0.2) is 24.3 Å². The summed E-state index contributed by atoms with van der Waals surface area (Å²) in [5.74, 6) is -0.590. The summed E-state index contributed by atoms with van der Waals surface area (Å²) in [7, 11) is 4.03. The molecule has 7 nitrogen and oxygen atoms in total. The molecule has 0 radical (unpaired) electrons. The SMILES string of the molecule is COC(=O)[C@@H]1C[C@@H](CCCc2cccc(OC)c2)C(=O)N1C(=O)OC. The lowest BCUT2D eigenvalue weighted by Gasteiger charge is -2.18. The molecule has 0 bridgehead atoms. The summed E-state index contributed by atoms with van der Waals surface area (Å²) >= 11 is 0. The highest BCUT2D eigenvalue weighted by Crippen LogP contribution is 2.30. The Hall–Kier alpha value is -2.57. The number of ether oxygens (including phenoxy) is 3. The molecule has 1 aromatic carbocycles. The van der Waals surface area contributed by atoms with Gasteiger partial charge < -0.3 is 14.2 Å². The number of aryl methyl sites for hydroxylation is 1. The second-order valence-corrected chi connectivity index (χ2v) is 5.89. The molecule has 2 amide bonds. The van der Waals surface area contributed by atoms with E-state index in [0.717, 1.165) is 29.1 Å². The van der Waals surface area contributed by atoms with E-state index in [-0.39, 0.29) is 12.3 Å². The van der Waals surface area contributed by atoms with Crippen molar-refractivity contribution in [2.75, 3.05) is 21.3 Å². The Bertz CT molecular complexity index is 644. The minimum atomic E-state index is -0.910. The van der Waals surface area contributed by atoms with Gasteiger partial charge in [-0.1, -0.05) is 12.1 Å². The van der Waals surface area contributed by atoms with Crippen molar-refractivity contribution in [1.29, 1.82) is 0 Å². The van der Waals surface area contributed by atoms with Crippen LogP contribution in [0.4, 0.5) is 4.79 Å². The molecule has 7 heteroatoms. The van der Waals surface area contributed by atoms with Gasteiger partial charge in [-0.15, -0.1) is 0 Å². The van der Waals surface area contributed by atoms with Crippen molar-refractivity contribution in [2.24, 2.45) is 5.92 Å². The number of esters is 1. The van der Waals surface area contributed by atoms with Gasteiger partial charge in [-0.05, 0) is 43.4 Å². The summed E-state index contributed by atoms with van der Waals surface area (Å²) in [6.07, 6.45) is 1.56. The van der Waals surface area contributed by atoms with Crippen LogP contribution in [-0.2, 0) is 25.5 Å². The van der Waals surface area contributed by atoms with E-state index in [2.05, 4.69) is 4.74 Å². The number of benzene rings is 1. The van der Waals surface area contributed by atoms with E-state index in [1.54, 1.807) is 7.11 Å². The van der Waals surface area contributed by atoms with E-state index in [1.807, 2.05) is 24.3 Å². The van der Waals surface area contributed by atoms with Crippen molar-refractivity contribution in [2.45, 2.75) is 31.7 Å². The van der Waals surface area contributed by atoms with Crippen LogP contribution >= 0.6 is 0 Å². The van der Waals surface area contributed by atoms with Crippen molar-refractivity contribution < 1.29 is 28.6 Å². The molecular formula is C18H23NO6. The highest BCUT2D eigenvalue weighted by molar-refractivity contribution is 6.00. The van der Waals surface area contributed by atoms with Gasteiger partial charge in [0.2, 0.25) is 5.91 Å². The number of rotatable bonds is 6. The first-order valence-corrected chi connectivity index (χ1v) is 8.13. The molecule has 0 saturated carbocycles. The van der Waals surface area contributed by atoms with Crippen molar-refractivity contribution >= 4 is 18.0 Å². The van der Waals surface area contributed by atoms with Gasteiger partial charge in [-0.3, -0.25) is 4.79 Å². The lowest BCUT2D eigenvalue weighted by Crippen LogP contribution is -2.43. The molecule has 25 heavy (non-hydrogen) atoms. The maximum atomic E-state index is 12.5. The third-order valence-corrected chi connectivity index (χ3v) is 4.40. The van der Waals surface area contributed by atoms with Crippen molar-refractivity contribution in [3.8, 4) is 5.75 Å². The van der Waals surface area contributed by atoms with Crippen molar-refractivity contribution in [3.63, 3.8) is 0 Å². The summed E-state index contributed by atoms with van der Waals surface area (Å²) in [6, 6.07) is 6.83. The third-order valence-electron chi connectivity index (χ3n) is 4.40. The molecule has 2 rings (SSSR count). The number of carbonyl (C=O) groups excluding carboxylic acids is 3. The van der Waals surface area contributed by atoms with Gasteiger partial charge in [-0.2, -0.15) is 0 Å². The first-order chi connectivity index (χ1) is 12.0. The number of hydrogen-bond donors (Lipinski definition) is 0. The van der Waals surface area contributed by atoms with E-state index in [1.165, 1.54) is 14.2 Å². The predicted octanol–water partition coefficient (Wildman–Crippen LogP) is 2.17. The van der Waals surface area contributed by atoms with Crippen molar-refractivity contribution in [3.05, 3.63) is 29.8 Å². The number of methoxy groups -OCH3 is 3. The monoisotopic (exact) mass is 349 g/mol. The molecule has 0 spiro atoms. The maximum Gasteiger partial charge on any atom is 0.417 e. The Morgan fingerprint density at radius 3 is 2.60 bits per heavy atom. The number of carbonyl (C=O) groups is 3. The normalized spacial score (nSPS) is 19.6. The first-order valence-electron chi connectivity index (χ1n) is 8.13. The minimum Gasteiger partial charge on any atom is -0.497 e. The lowest BCUT2D eigenvalue weighted by molar-refractivity contribution is -0.148. The van der Waals surface area contributed by atoms with Gasteiger partial charge in [0.05, 0.1) is 21.3 Å². The molecule has 1 aliphatic heterocycles. The Balaban J connectivity index is 1.98. The smallest absolute Gasteiger partial charge is 0.417 e. The predicted molar refractivity (Wildman–Crippen MR) is 89.1 cm³/mol. The molecule has 1 saturated heterocycles. The van der Waals surface area contributed by atoms with E-state index in [9.17, 15) is 14.4 Å². The van der Waals surface area contributed by atoms with Crippen LogP contribution in [0.2, 0.25) is 0 Å². The zero-order valence-corrected chi connectivity index (χ0v) is 14.7. The number of imide groups is 1. The molecule has 1 fully saturated rings. The maximum absolute atomic E-state index is 12.5. The molecule has 1 heterocycles. The second-order valence-electron chi connectivity index (χ2n) is 5.89. The summed E-state index contributed by atoms with van der Waals surface area (Å²) in [4.78, 5) is 37.0. The standard InChI is InChI=1S/C18H23NO6/c1-23-14-9-5-7-12(10-14)6-4-8-13-11-15(17(21)24-2)19(16(13)20)18(22)25-3/h5,7,9-10,13,15H,4,6,8,11H2,1-3H3/t13-,15+/m1/s1. The average molecular weight is 349 g/mol. The molecular weight excluding hydrogens is 326 g/mol. The van der Waals surface area contributed by atoms with Crippen LogP contribution in [-0.4, -0.2) is 50.2 Å². The number of amides is 2. The highest BCUT2D eigenvalue weighted by atomic mass is 16.5. The number of likely N-dealkylation sites (tertiary alicyclic amines) is 1. The first kappa shape index (κ1) is 18.8. The van der Waals surface area contributed by atoms with Crippen molar-refractivity contribution in [1.82, 2.24) is 4.90 Å². The highest BCUT2D eigenvalue weighted by Gasteiger charge is 2.47.